The Balaban J connectivity index is 1.74. The van der Waals surface area contributed by atoms with Gasteiger partial charge in [0.05, 0.1) is 10.7 Å². The summed E-state index contributed by atoms with van der Waals surface area (Å²) >= 11 is 7.88. The second-order valence-corrected chi connectivity index (χ2v) is 5.92. The lowest BCUT2D eigenvalue weighted by molar-refractivity contribution is 0.231. The molecule has 0 amide bonds. The van der Waals surface area contributed by atoms with Crippen molar-refractivity contribution in [2.75, 3.05) is 26.2 Å². The first kappa shape index (κ1) is 13.1. The van der Waals surface area contributed by atoms with E-state index in [-0.39, 0.29) is 0 Å². The van der Waals surface area contributed by atoms with Crippen molar-refractivity contribution in [3.05, 3.63) is 40.4 Å². The van der Waals surface area contributed by atoms with E-state index in [1.54, 1.807) is 11.3 Å². The van der Waals surface area contributed by atoms with Gasteiger partial charge in [0, 0.05) is 43.7 Å². The molecule has 1 N–H and O–H groups in total. The highest BCUT2D eigenvalue weighted by atomic mass is 35.5. The summed E-state index contributed by atoms with van der Waals surface area (Å²) in [4.78, 5) is 7.14. The van der Waals surface area contributed by atoms with E-state index in [1.807, 2.05) is 24.3 Å². The summed E-state index contributed by atoms with van der Waals surface area (Å²) in [6.07, 6.45) is 0. The molecule has 1 aromatic carbocycles. The molecule has 1 aromatic heterocycles. The second kappa shape index (κ2) is 6.01. The van der Waals surface area contributed by atoms with Gasteiger partial charge < -0.3 is 5.32 Å². The molecule has 5 heteroatoms. The molecule has 0 aliphatic carbocycles. The molecule has 19 heavy (non-hydrogen) atoms. The number of nitrogens with zero attached hydrogens (tertiary/aromatic N) is 2. The van der Waals surface area contributed by atoms with Crippen LogP contribution in [-0.2, 0) is 6.54 Å². The molecule has 0 atom stereocenters. The molecule has 0 radical (unpaired) electrons. The van der Waals surface area contributed by atoms with Crippen LogP contribution >= 0.6 is 22.9 Å². The minimum absolute atomic E-state index is 0.769. The molecule has 0 saturated carbocycles. The number of benzene rings is 1. The Kier molecular flexibility index (Phi) is 4.13. The van der Waals surface area contributed by atoms with Gasteiger partial charge in [-0.25, -0.2) is 4.98 Å². The van der Waals surface area contributed by atoms with E-state index in [2.05, 4.69) is 15.6 Å². The number of aromatic nitrogens is 1. The largest absolute Gasteiger partial charge is 0.314 e. The number of halogens is 1. The molecule has 2 aromatic rings. The molecule has 3 rings (SSSR count). The van der Waals surface area contributed by atoms with Crippen molar-refractivity contribution in [1.29, 1.82) is 0 Å². The third kappa shape index (κ3) is 3.15. The minimum Gasteiger partial charge on any atom is -0.314 e. The third-order valence-corrected chi connectivity index (χ3v) is 4.51. The zero-order valence-electron chi connectivity index (χ0n) is 10.6. The average Bonchev–Trinajstić information content (AvgIpc) is 2.89. The van der Waals surface area contributed by atoms with E-state index in [0.717, 1.165) is 54.0 Å². The minimum atomic E-state index is 0.769. The fraction of sp³-hybridized carbons (Fsp3) is 0.357. The fourth-order valence-electron chi connectivity index (χ4n) is 2.24. The van der Waals surface area contributed by atoms with E-state index in [4.69, 9.17) is 16.6 Å². The fourth-order valence-corrected chi connectivity index (χ4v) is 3.37. The Bertz CT molecular complexity index is 549. The second-order valence-electron chi connectivity index (χ2n) is 4.65. The van der Waals surface area contributed by atoms with Gasteiger partial charge in [0.15, 0.2) is 0 Å². The average molecular weight is 294 g/mol. The van der Waals surface area contributed by atoms with Gasteiger partial charge in [-0.15, -0.1) is 11.3 Å². The van der Waals surface area contributed by atoms with Crippen LogP contribution in [0.1, 0.15) is 5.69 Å². The van der Waals surface area contributed by atoms with Crippen LogP contribution in [0.2, 0.25) is 5.02 Å². The summed E-state index contributed by atoms with van der Waals surface area (Å²) in [6, 6.07) is 7.88. The smallest absolute Gasteiger partial charge is 0.125 e. The quantitative estimate of drug-likeness (QED) is 0.943. The van der Waals surface area contributed by atoms with Gasteiger partial charge in [0.25, 0.3) is 0 Å². The van der Waals surface area contributed by atoms with E-state index >= 15 is 0 Å². The maximum Gasteiger partial charge on any atom is 0.125 e. The SMILES string of the molecule is Clc1ccccc1-c1nc(CN2CCNCC2)cs1. The molecule has 1 aliphatic heterocycles. The molecule has 1 fully saturated rings. The van der Waals surface area contributed by atoms with Gasteiger partial charge in [-0.1, -0.05) is 29.8 Å². The van der Waals surface area contributed by atoms with Crippen LogP contribution in [0.4, 0.5) is 0 Å². The molecular formula is C14H16ClN3S. The van der Waals surface area contributed by atoms with Gasteiger partial charge in [-0.2, -0.15) is 0 Å². The molecule has 0 unspecified atom stereocenters. The lowest BCUT2D eigenvalue weighted by atomic mass is 10.2. The topological polar surface area (TPSA) is 28.2 Å². The monoisotopic (exact) mass is 293 g/mol. The highest BCUT2D eigenvalue weighted by molar-refractivity contribution is 7.13. The van der Waals surface area contributed by atoms with Gasteiger partial charge in [-0.05, 0) is 6.07 Å². The van der Waals surface area contributed by atoms with Crippen molar-refractivity contribution < 1.29 is 0 Å². The summed E-state index contributed by atoms with van der Waals surface area (Å²) in [6.45, 7) is 5.27. The normalized spacial score (nSPS) is 16.7. The Morgan fingerprint density at radius 2 is 2.05 bits per heavy atom. The Morgan fingerprint density at radius 3 is 2.84 bits per heavy atom. The highest BCUT2D eigenvalue weighted by Gasteiger charge is 2.13. The summed E-state index contributed by atoms with van der Waals surface area (Å²) in [7, 11) is 0. The van der Waals surface area contributed by atoms with Crippen molar-refractivity contribution in [2.45, 2.75) is 6.54 Å². The number of hydrogen-bond acceptors (Lipinski definition) is 4. The van der Waals surface area contributed by atoms with Crippen molar-refractivity contribution in [3.8, 4) is 10.6 Å². The molecule has 2 heterocycles. The molecular weight excluding hydrogens is 278 g/mol. The Hall–Kier alpha value is -0.940. The van der Waals surface area contributed by atoms with Crippen molar-refractivity contribution in [3.63, 3.8) is 0 Å². The molecule has 0 spiro atoms. The van der Waals surface area contributed by atoms with Crippen LogP contribution in [0.15, 0.2) is 29.6 Å². The number of nitrogens with one attached hydrogen (secondary N) is 1. The van der Waals surface area contributed by atoms with Crippen LogP contribution in [-0.4, -0.2) is 36.1 Å². The van der Waals surface area contributed by atoms with Crippen LogP contribution < -0.4 is 5.32 Å². The summed E-state index contributed by atoms with van der Waals surface area (Å²) < 4.78 is 0. The standard InChI is InChI=1S/C14H16ClN3S/c15-13-4-2-1-3-12(13)14-17-11(10-19-14)9-18-7-5-16-6-8-18/h1-4,10,16H,5-9H2. The van der Waals surface area contributed by atoms with Crippen molar-refractivity contribution in [1.82, 2.24) is 15.2 Å². The lowest BCUT2D eigenvalue weighted by Crippen LogP contribution is -2.42. The van der Waals surface area contributed by atoms with Crippen molar-refractivity contribution in [2.24, 2.45) is 0 Å². The summed E-state index contributed by atoms with van der Waals surface area (Å²) in [5.41, 5.74) is 2.17. The number of thiazole rings is 1. The highest BCUT2D eigenvalue weighted by Crippen LogP contribution is 2.30. The van der Waals surface area contributed by atoms with E-state index in [1.165, 1.54) is 0 Å². The van der Waals surface area contributed by atoms with Crippen LogP contribution in [0, 0.1) is 0 Å². The molecule has 1 aliphatic rings. The van der Waals surface area contributed by atoms with Crippen molar-refractivity contribution >= 4 is 22.9 Å². The zero-order chi connectivity index (χ0) is 13.1. The Labute approximate surface area is 122 Å². The van der Waals surface area contributed by atoms with Gasteiger partial charge >= 0.3 is 0 Å². The van der Waals surface area contributed by atoms with Gasteiger partial charge in [0.2, 0.25) is 0 Å². The lowest BCUT2D eigenvalue weighted by Gasteiger charge is -2.26. The predicted octanol–water partition coefficient (Wildman–Crippen LogP) is 2.87. The predicted molar refractivity (Wildman–Crippen MR) is 80.7 cm³/mol. The van der Waals surface area contributed by atoms with Crippen LogP contribution in [0.5, 0.6) is 0 Å². The molecule has 0 bridgehead atoms. The first-order valence-electron chi connectivity index (χ1n) is 6.45. The van der Waals surface area contributed by atoms with Crippen LogP contribution in [0.25, 0.3) is 10.6 Å². The first-order chi connectivity index (χ1) is 9.33. The Morgan fingerprint density at radius 1 is 1.26 bits per heavy atom. The summed E-state index contributed by atoms with van der Waals surface area (Å²) in [5, 5.41) is 7.28. The maximum absolute atomic E-state index is 6.21. The van der Waals surface area contributed by atoms with E-state index < -0.39 is 0 Å². The zero-order valence-corrected chi connectivity index (χ0v) is 12.2. The van der Waals surface area contributed by atoms with Gasteiger partial charge in [-0.3, -0.25) is 4.90 Å². The van der Waals surface area contributed by atoms with E-state index in [0.29, 0.717) is 0 Å². The first-order valence-corrected chi connectivity index (χ1v) is 7.71. The molecule has 1 saturated heterocycles. The molecule has 100 valence electrons. The maximum atomic E-state index is 6.21. The summed E-state index contributed by atoms with van der Waals surface area (Å²) in [5.74, 6) is 0. The van der Waals surface area contributed by atoms with Crippen LogP contribution in [0.3, 0.4) is 0 Å². The molecule has 3 nitrogen and oxygen atoms in total. The van der Waals surface area contributed by atoms with Gasteiger partial charge in [0.1, 0.15) is 5.01 Å². The number of hydrogen-bond donors (Lipinski definition) is 1. The number of rotatable bonds is 3. The number of piperazine rings is 1. The third-order valence-electron chi connectivity index (χ3n) is 3.25. The van der Waals surface area contributed by atoms with E-state index in [9.17, 15) is 0 Å².